The van der Waals surface area contributed by atoms with Crippen molar-refractivity contribution in [1.82, 2.24) is 24.7 Å². The molecule has 0 atom stereocenters. The summed E-state index contributed by atoms with van der Waals surface area (Å²) in [5.41, 5.74) is 3.44. The summed E-state index contributed by atoms with van der Waals surface area (Å²) in [6, 6.07) is 3.70. The highest BCUT2D eigenvalue weighted by atomic mass is 16.5. The quantitative estimate of drug-likeness (QED) is 0.738. The van der Waals surface area contributed by atoms with E-state index in [0.717, 1.165) is 22.5 Å². The maximum absolute atomic E-state index is 5.87. The number of aryl methyl sites for hydroxylation is 2. The zero-order chi connectivity index (χ0) is 14.8. The molecular weight excluding hydrogens is 266 g/mol. The average molecular weight is 281 g/mol. The molecule has 0 aliphatic rings. The largest absolute Gasteiger partial charge is 0.437 e. The van der Waals surface area contributed by atoms with Crippen LogP contribution in [0.2, 0.25) is 0 Å². The van der Waals surface area contributed by atoms with Crippen molar-refractivity contribution >= 4 is 0 Å². The van der Waals surface area contributed by atoms with Crippen LogP contribution in [0.4, 0.5) is 0 Å². The van der Waals surface area contributed by atoms with Gasteiger partial charge in [0.05, 0.1) is 17.6 Å². The minimum Gasteiger partial charge on any atom is -0.437 e. The summed E-state index contributed by atoms with van der Waals surface area (Å²) in [7, 11) is 1.87. The second-order valence-electron chi connectivity index (χ2n) is 4.74. The molecule has 0 aliphatic carbocycles. The Morgan fingerprint density at radius 1 is 1.14 bits per heavy atom. The molecule has 0 spiro atoms. The topological polar surface area (TPSA) is 65.7 Å². The number of ether oxygens (including phenoxy) is 1. The third-order valence-corrected chi connectivity index (χ3v) is 3.18. The normalized spacial score (nSPS) is 10.6. The third kappa shape index (κ3) is 2.60. The molecule has 0 radical (unpaired) electrons. The molecule has 0 saturated carbocycles. The Hall–Kier alpha value is -2.76. The first-order chi connectivity index (χ1) is 10.1. The van der Waals surface area contributed by atoms with E-state index < -0.39 is 0 Å². The van der Waals surface area contributed by atoms with E-state index in [1.165, 1.54) is 6.33 Å². The van der Waals surface area contributed by atoms with E-state index in [0.29, 0.717) is 11.6 Å². The van der Waals surface area contributed by atoms with Crippen LogP contribution in [0, 0.1) is 13.8 Å². The molecular formula is C15H15N5O. The molecule has 6 heteroatoms. The van der Waals surface area contributed by atoms with E-state index in [1.807, 2.05) is 39.2 Å². The maximum Gasteiger partial charge on any atom is 0.225 e. The van der Waals surface area contributed by atoms with Crippen LogP contribution in [-0.4, -0.2) is 24.7 Å². The van der Waals surface area contributed by atoms with Gasteiger partial charge in [-0.2, -0.15) is 5.10 Å². The molecule has 6 nitrogen and oxygen atoms in total. The van der Waals surface area contributed by atoms with Crippen molar-refractivity contribution in [3.8, 4) is 22.9 Å². The first-order valence-electron chi connectivity index (χ1n) is 6.55. The fourth-order valence-corrected chi connectivity index (χ4v) is 2.05. The number of hydrogen-bond donors (Lipinski definition) is 0. The molecule has 0 saturated heterocycles. The Labute approximate surface area is 122 Å². The third-order valence-electron chi connectivity index (χ3n) is 3.18. The van der Waals surface area contributed by atoms with Gasteiger partial charge in [0.25, 0.3) is 0 Å². The summed E-state index contributed by atoms with van der Waals surface area (Å²) in [6.07, 6.45) is 6.91. The summed E-state index contributed by atoms with van der Waals surface area (Å²) in [5, 5.41) is 4.17. The van der Waals surface area contributed by atoms with Crippen LogP contribution in [-0.2, 0) is 7.05 Å². The Morgan fingerprint density at radius 3 is 2.71 bits per heavy atom. The fraction of sp³-hybridized carbons (Fsp3) is 0.200. The van der Waals surface area contributed by atoms with Crippen LogP contribution in [0.15, 0.2) is 37.1 Å². The highest BCUT2D eigenvalue weighted by molar-refractivity contribution is 5.63. The summed E-state index contributed by atoms with van der Waals surface area (Å²) >= 11 is 0. The van der Waals surface area contributed by atoms with Crippen molar-refractivity contribution in [2.45, 2.75) is 13.8 Å². The average Bonchev–Trinajstić information content (AvgIpc) is 2.90. The standard InChI is InChI=1S/C15H15N5O/c1-10-14(12-7-19-20(3)8-12)17-9-18-15(10)21-13-5-4-6-16-11(13)2/h4-9H,1-3H3. The molecule has 3 heterocycles. The summed E-state index contributed by atoms with van der Waals surface area (Å²) in [4.78, 5) is 12.8. The number of hydrogen-bond acceptors (Lipinski definition) is 5. The molecule has 0 aliphatic heterocycles. The van der Waals surface area contributed by atoms with Crippen molar-refractivity contribution in [3.05, 3.63) is 48.3 Å². The zero-order valence-corrected chi connectivity index (χ0v) is 12.1. The summed E-state index contributed by atoms with van der Waals surface area (Å²) in [5.74, 6) is 1.22. The van der Waals surface area contributed by atoms with Gasteiger partial charge < -0.3 is 4.74 Å². The smallest absolute Gasteiger partial charge is 0.225 e. The highest BCUT2D eigenvalue weighted by Crippen LogP contribution is 2.29. The molecule has 21 heavy (non-hydrogen) atoms. The van der Waals surface area contributed by atoms with Crippen LogP contribution >= 0.6 is 0 Å². The molecule has 0 N–H and O–H groups in total. The Balaban J connectivity index is 1.99. The van der Waals surface area contributed by atoms with Crippen molar-refractivity contribution in [3.63, 3.8) is 0 Å². The van der Waals surface area contributed by atoms with Gasteiger partial charge >= 0.3 is 0 Å². The van der Waals surface area contributed by atoms with Gasteiger partial charge in [0, 0.05) is 30.6 Å². The van der Waals surface area contributed by atoms with E-state index in [4.69, 9.17) is 4.74 Å². The van der Waals surface area contributed by atoms with Gasteiger partial charge in [0.2, 0.25) is 5.88 Å². The second-order valence-corrected chi connectivity index (χ2v) is 4.74. The highest BCUT2D eigenvalue weighted by Gasteiger charge is 2.13. The SMILES string of the molecule is Cc1ncccc1Oc1ncnc(-c2cnn(C)c2)c1C. The fourth-order valence-electron chi connectivity index (χ4n) is 2.05. The monoisotopic (exact) mass is 281 g/mol. The van der Waals surface area contributed by atoms with Crippen LogP contribution < -0.4 is 4.74 Å². The van der Waals surface area contributed by atoms with Crippen LogP contribution in [0.1, 0.15) is 11.3 Å². The summed E-state index contributed by atoms with van der Waals surface area (Å²) < 4.78 is 7.61. The van der Waals surface area contributed by atoms with Gasteiger partial charge in [0.15, 0.2) is 5.75 Å². The molecule has 0 fully saturated rings. The van der Waals surface area contributed by atoms with Crippen molar-refractivity contribution in [2.24, 2.45) is 7.05 Å². The first-order valence-corrected chi connectivity index (χ1v) is 6.55. The molecule has 0 aromatic carbocycles. The molecule has 3 aromatic rings. The second kappa shape index (κ2) is 5.32. The van der Waals surface area contributed by atoms with Crippen molar-refractivity contribution < 1.29 is 4.74 Å². The lowest BCUT2D eigenvalue weighted by Gasteiger charge is -2.10. The van der Waals surface area contributed by atoms with Gasteiger partial charge in [-0.25, -0.2) is 9.97 Å². The minimum absolute atomic E-state index is 0.528. The van der Waals surface area contributed by atoms with E-state index in [1.54, 1.807) is 17.1 Å². The lowest BCUT2D eigenvalue weighted by Crippen LogP contribution is -1.97. The van der Waals surface area contributed by atoms with Crippen molar-refractivity contribution in [2.75, 3.05) is 0 Å². The first kappa shape index (κ1) is 13.2. The van der Waals surface area contributed by atoms with Crippen molar-refractivity contribution in [1.29, 1.82) is 0 Å². The lowest BCUT2D eigenvalue weighted by atomic mass is 10.1. The predicted octanol–water partition coefficient (Wildman–Crippen LogP) is 2.68. The van der Waals surface area contributed by atoms with E-state index in [2.05, 4.69) is 20.1 Å². The molecule has 0 amide bonds. The van der Waals surface area contributed by atoms with Gasteiger partial charge in [-0.1, -0.05) is 0 Å². The molecule has 0 unspecified atom stereocenters. The van der Waals surface area contributed by atoms with E-state index >= 15 is 0 Å². The van der Waals surface area contributed by atoms with Gasteiger partial charge in [0.1, 0.15) is 6.33 Å². The van der Waals surface area contributed by atoms with Crippen LogP contribution in [0.3, 0.4) is 0 Å². The Morgan fingerprint density at radius 2 is 2.00 bits per heavy atom. The van der Waals surface area contributed by atoms with Gasteiger partial charge in [-0.05, 0) is 26.0 Å². The zero-order valence-electron chi connectivity index (χ0n) is 12.1. The Kier molecular flexibility index (Phi) is 3.35. The molecule has 0 bridgehead atoms. The molecule has 3 rings (SSSR count). The molecule has 3 aromatic heterocycles. The summed E-state index contributed by atoms with van der Waals surface area (Å²) in [6.45, 7) is 3.83. The van der Waals surface area contributed by atoms with Gasteiger partial charge in [-0.3, -0.25) is 9.67 Å². The van der Waals surface area contributed by atoms with Gasteiger partial charge in [-0.15, -0.1) is 0 Å². The maximum atomic E-state index is 5.87. The van der Waals surface area contributed by atoms with E-state index in [9.17, 15) is 0 Å². The number of nitrogens with zero attached hydrogens (tertiary/aromatic N) is 5. The predicted molar refractivity (Wildman–Crippen MR) is 78.0 cm³/mol. The van der Waals surface area contributed by atoms with E-state index in [-0.39, 0.29) is 0 Å². The molecule has 106 valence electrons. The number of rotatable bonds is 3. The lowest BCUT2D eigenvalue weighted by molar-refractivity contribution is 0.451. The van der Waals surface area contributed by atoms with Crippen LogP contribution in [0.25, 0.3) is 11.3 Å². The van der Waals surface area contributed by atoms with Crippen LogP contribution in [0.5, 0.6) is 11.6 Å². The number of aromatic nitrogens is 5. The number of pyridine rings is 1. The minimum atomic E-state index is 0.528. The Bertz CT molecular complexity index is 781.